The van der Waals surface area contributed by atoms with Gasteiger partial charge in [-0.15, -0.1) is 11.6 Å². The number of benzene rings is 2. The average molecular weight is 423 g/mol. The zero-order valence-corrected chi connectivity index (χ0v) is 14.8. The van der Waals surface area contributed by atoms with E-state index in [9.17, 15) is 4.39 Å². The third-order valence-electron chi connectivity index (χ3n) is 3.02. The fourth-order valence-electron chi connectivity index (χ4n) is 1.92. The predicted molar refractivity (Wildman–Crippen MR) is 87.2 cm³/mol. The van der Waals surface area contributed by atoms with Crippen molar-refractivity contribution in [2.75, 3.05) is 7.11 Å². The molecule has 0 saturated carbocycles. The van der Waals surface area contributed by atoms with Crippen LogP contribution in [0, 0.1) is 12.7 Å². The summed E-state index contributed by atoms with van der Waals surface area (Å²) in [5.74, 6) is 0.303. The number of hydrogen-bond acceptors (Lipinski definition) is 1. The fraction of sp³-hybridized carbons (Fsp3) is 0.200. The normalized spacial score (nSPS) is 12.3. The highest BCUT2D eigenvalue weighted by Gasteiger charge is 2.20. The van der Waals surface area contributed by atoms with E-state index < -0.39 is 5.38 Å². The highest BCUT2D eigenvalue weighted by molar-refractivity contribution is 9.10. The summed E-state index contributed by atoms with van der Waals surface area (Å²) in [7, 11) is 1.58. The van der Waals surface area contributed by atoms with Crippen molar-refractivity contribution >= 4 is 43.5 Å². The molecular formula is C15H12Br2ClFO. The summed E-state index contributed by atoms with van der Waals surface area (Å²) in [5.41, 5.74) is 2.17. The van der Waals surface area contributed by atoms with Gasteiger partial charge in [-0.3, -0.25) is 0 Å². The molecule has 5 heteroatoms. The van der Waals surface area contributed by atoms with E-state index >= 15 is 0 Å². The van der Waals surface area contributed by atoms with Crippen molar-refractivity contribution in [3.05, 3.63) is 61.8 Å². The molecule has 0 heterocycles. The van der Waals surface area contributed by atoms with Crippen molar-refractivity contribution in [1.29, 1.82) is 0 Å². The Kier molecular flexibility index (Phi) is 5.10. The van der Waals surface area contributed by atoms with E-state index in [-0.39, 0.29) is 5.82 Å². The van der Waals surface area contributed by atoms with Gasteiger partial charge in [0.1, 0.15) is 11.6 Å². The Morgan fingerprint density at radius 3 is 2.50 bits per heavy atom. The maximum atomic E-state index is 14.0. The maximum absolute atomic E-state index is 14.0. The van der Waals surface area contributed by atoms with Crippen LogP contribution in [-0.2, 0) is 0 Å². The smallest absolute Gasteiger partial charge is 0.128 e. The summed E-state index contributed by atoms with van der Waals surface area (Å²) >= 11 is 13.3. The van der Waals surface area contributed by atoms with Gasteiger partial charge in [0.25, 0.3) is 0 Å². The molecule has 0 fully saturated rings. The van der Waals surface area contributed by atoms with Gasteiger partial charge in [0.05, 0.1) is 12.5 Å². The second kappa shape index (κ2) is 6.46. The third-order valence-corrected chi connectivity index (χ3v) is 4.83. The SMILES string of the molecule is COc1cc(C)c(Br)cc1C(Cl)c1cc(Br)ccc1F. The third kappa shape index (κ3) is 3.18. The van der Waals surface area contributed by atoms with Crippen LogP contribution >= 0.6 is 43.5 Å². The molecule has 0 aromatic heterocycles. The van der Waals surface area contributed by atoms with Crippen LogP contribution < -0.4 is 4.74 Å². The van der Waals surface area contributed by atoms with Gasteiger partial charge in [-0.05, 0) is 42.8 Å². The summed E-state index contributed by atoms with van der Waals surface area (Å²) in [6.07, 6.45) is 0. The van der Waals surface area contributed by atoms with E-state index in [0.29, 0.717) is 11.3 Å². The van der Waals surface area contributed by atoms with Gasteiger partial charge in [0, 0.05) is 20.1 Å². The predicted octanol–water partition coefficient (Wildman–Crippen LogP) is 6.00. The van der Waals surface area contributed by atoms with Crippen molar-refractivity contribution in [2.45, 2.75) is 12.3 Å². The lowest BCUT2D eigenvalue weighted by Crippen LogP contribution is -2.01. The van der Waals surface area contributed by atoms with Gasteiger partial charge >= 0.3 is 0 Å². The molecule has 0 spiro atoms. The lowest BCUT2D eigenvalue weighted by Gasteiger charge is -2.17. The minimum absolute atomic E-state index is 0.341. The number of rotatable bonds is 3. The molecular weight excluding hydrogens is 410 g/mol. The second-order valence-electron chi connectivity index (χ2n) is 4.37. The molecule has 0 N–H and O–H groups in total. The summed E-state index contributed by atoms with van der Waals surface area (Å²) < 4.78 is 21.0. The minimum atomic E-state index is -0.626. The molecule has 106 valence electrons. The van der Waals surface area contributed by atoms with Crippen molar-refractivity contribution in [1.82, 2.24) is 0 Å². The topological polar surface area (TPSA) is 9.23 Å². The lowest BCUT2D eigenvalue weighted by atomic mass is 10.0. The maximum Gasteiger partial charge on any atom is 0.128 e. The fourth-order valence-corrected chi connectivity index (χ4v) is 3.00. The Balaban J connectivity index is 2.55. The minimum Gasteiger partial charge on any atom is -0.496 e. The summed E-state index contributed by atoms with van der Waals surface area (Å²) in [4.78, 5) is 0. The zero-order valence-electron chi connectivity index (χ0n) is 10.9. The Labute approximate surface area is 139 Å². The van der Waals surface area contributed by atoms with Gasteiger partial charge in [-0.2, -0.15) is 0 Å². The van der Waals surface area contributed by atoms with Crippen LogP contribution in [0.15, 0.2) is 39.3 Å². The van der Waals surface area contributed by atoms with E-state index in [1.807, 2.05) is 19.1 Å². The van der Waals surface area contributed by atoms with Crippen LogP contribution in [0.4, 0.5) is 4.39 Å². The molecule has 0 amide bonds. The standard InChI is InChI=1S/C15H12Br2ClFO/c1-8-5-14(20-2)11(7-12(8)17)15(18)10-6-9(16)3-4-13(10)19/h3-7,15H,1-2H3. The monoisotopic (exact) mass is 420 g/mol. The van der Waals surface area contributed by atoms with Crippen molar-refractivity contribution in [3.8, 4) is 5.75 Å². The van der Waals surface area contributed by atoms with E-state index in [4.69, 9.17) is 16.3 Å². The van der Waals surface area contributed by atoms with E-state index in [2.05, 4.69) is 31.9 Å². The van der Waals surface area contributed by atoms with Gasteiger partial charge in [-0.25, -0.2) is 4.39 Å². The molecule has 2 rings (SSSR count). The van der Waals surface area contributed by atoms with E-state index in [0.717, 1.165) is 20.1 Å². The van der Waals surface area contributed by atoms with Gasteiger partial charge < -0.3 is 4.74 Å². The van der Waals surface area contributed by atoms with Crippen molar-refractivity contribution in [3.63, 3.8) is 0 Å². The number of halogens is 4. The Morgan fingerprint density at radius 1 is 1.15 bits per heavy atom. The van der Waals surface area contributed by atoms with E-state index in [1.165, 1.54) is 6.07 Å². The molecule has 0 aliphatic heterocycles. The lowest BCUT2D eigenvalue weighted by molar-refractivity contribution is 0.409. The molecule has 1 nitrogen and oxygen atoms in total. The van der Waals surface area contributed by atoms with Crippen molar-refractivity contribution < 1.29 is 9.13 Å². The van der Waals surface area contributed by atoms with Crippen LogP contribution in [0.25, 0.3) is 0 Å². The van der Waals surface area contributed by atoms with Gasteiger partial charge in [-0.1, -0.05) is 31.9 Å². The summed E-state index contributed by atoms with van der Waals surface area (Å²) in [6, 6.07) is 8.46. The van der Waals surface area contributed by atoms with Crippen LogP contribution in [0.1, 0.15) is 22.1 Å². The first-order valence-electron chi connectivity index (χ1n) is 5.87. The molecule has 0 saturated heterocycles. The van der Waals surface area contributed by atoms with Gasteiger partial charge in [0.2, 0.25) is 0 Å². The molecule has 2 aromatic carbocycles. The number of alkyl halides is 1. The molecule has 0 aliphatic carbocycles. The Hall–Kier alpha value is -0.580. The number of methoxy groups -OCH3 is 1. The molecule has 0 bridgehead atoms. The quantitative estimate of drug-likeness (QED) is 0.552. The van der Waals surface area contributed by atoms with Crippen LogP contribution in [0.5, 0.6) is 5.75 Å². The summed E-state index contributed by atoms with van der Waals surface area (Å²) in [6.45, 7) is 1.96. The first-order valence-corrected chi connectivity index (χ1v) is 7.89. The zero-order chi connectivity index (χ0) is 14.9. The Morgan fingerprint density at radius 2 is 1.85 bits per heavy atom. The average Bonchev–Trinajstić information content (AvgIpc) is 2.43. The first kappa shape index (κ1) is 15.8. The highest BCUT2D eigenvalue weighted by atomic mass is 79.9. The molecule has 0 radical (unpaired) electrons. The molecule has 20 heavy (non-hydrogen) atoms. The van der Waals surface area contributed by atoms with Gasteiger partial charge in [0.15, 0.2) is 0 Å². The number of aryl methyl sites for hydroxylation is 1. The Bertz CT molecular complexity index is 646. The van der Waals surface area contributed by atoms with Crippen LogP contribution in [0.3, 0.4) is 0 Å². The highest BCUT2D eigenvalue weighted by Crippen LogP contribution is 2.39. The first-order chi connectivity index (χ1) is 9.43. The molecule has 1 unspecified atom stereocenters. The van der Waals surface area contributed by atoms with Crippen LogP contribution in [0.2, 0.25) is 0 Å². The number of ether oxygens (including phenoxy) is 1. The largest absolute Gasteiger partial charge is 0.496 e. The summed E-state index contributed by atoms with van der Waals surface area (Å²) in [5, 5.41) is -0.626. The molecule has 0 aliphatic rings. The number of hydrogen-bond donors (Lipinski definition) is 0. The van der Waals surface area contributed by atoms with Crippen molar-refractivity contribution in [2.24, 2.45) is 0 Å². The van der Waals surface area contributed by atoms with E-state index in [1.54, 1.807) is 19.2 Å². The molecule has 1 atom stereocenters. The van der Waals surface area contributed by atoms with Crippen LogP contribution in [-0.4, -0.2) is 7.11 Å². The second-order valence-corrected chi connectivity index (χ2v) is 6.58. The molecule has 2 aromatic rings.